The van der Waals surface area contributed by atoms with Crippen molar-refractivity contribution in [2.24, 2.45) is 5.92 Å². The van der Waals surface area contributed by atoms with Gasteiger partial charge < -0.3 is 9.84 Å². The third-order valence-corrected chi connectivity index (χ3v) is 4.76. The fourth-order valence-electron chi connectivity index (χ4n) is 3.56. The van der Waals surface area contributed by atoms with Crippen LogP contribution in [0.25, 0.3) is 0 Å². The summed E-state index contributed by atoms with van der Waals surface area (Å²) in [5.41, 5.74) is 4.38. The van der Waals surface area contributed by atoms with Gasteiger partial charge in [0.05, 0.1) is 12.2 Å². The van der Waals surface area contributed by atoms with Crippen molar-refractivity contribution < 1.29 is 9.84 Å². The molecule has 0 bridgehead atoms. The Kier molecular flexibility index (Phi) is 9.68. The summed E-state index contributed by atoms with van der Waals surface area (Å²) in [4.78, 5) is 0. The van der Waals surface area contributed by atoms with E-state index in [-0.39, 0.29) is 12.2 Å². The van der Waals surface area contributed by atoms with E-state index in [1.165, 1.54) is 11.1 Å². The van der Waals surface area contributed by atoms with Crippen molar-refractivity contribution >= 4 is 0 Å². The zero-order valence-electron chi connectivity index (χ0n) is 17.4. The Morgan fingerprint density at radius 2 is 1.63 bits per heavy atom. The van der Waals surface area contributed by atoms with E-state index in [1.807, 2.05) is 32.0 Å². The SMILES string of the molecule is C#C.CC.Cc1ccc(Cc2cccc([C@H]3C[C@@H](C)C[C@@H](C)O3)c2O)cc1. The lowest BCUT2D eigenvalue weighted by molar-refractivity contribution is -0.0612. The summed E-state index contributed by atoms with van der Waals surface area (Å²) in [6.45, 7) is 10.5. The topological polar surface area (TPSA) is 29.5 Å². The molecule has 2 aromatic rings. The fourth-order valence-corrected chi connectivity index (χ4v) is 3.56. The maximum Gasteiger partial charge on any atom is 0.124 e. The van der Waals surface area contributed by atoms with Crippen LogP contribution in [0.4, 0.5) is 0 Å². The lowest BCUT2D eigenvalue weighted by Crippen LogP contribution is -2.24. The van der Waals surface area contributed by atoms with Crippen molar-refractivity contribution in [3.8, 4) is 18.6 Å². The summed E-state index contributed by atoms with van der Waals surface area (Å²) in [5.74, 6) is 1.03. The van der Waals surface area contributed by atoms with Crippen molar-refractivity contribution in [1.82, 2.24) is 0 Å². The van der Waals surface area contributed by atoms with Crippen LogP contribution >= 0.6 is 0 Å². The molecular weight excluding hydrogens is 332 g/mol. The maximum absolute atomic E-state index is 10.7. The molecule has 1 fully saturated rings. The first-order valence-electron chi connectivity index (χ1n) is 9.88. The quantitative estimate of drug-likeness (QED) is 0.633. The fraction of sp³-hybridized carbons (Fsp3) is 0.440. The first-order valence-corrected chi connectivity index (χ1v) is 9.88. The van der Waals surface area contributed by atoms with E-state index in [1.54, 1.807) is 0 Å². The van der Waals surface area contributed by atoms with Gasteiger partial charge in [0.1, 0.15) is 5.75 Å². The zero-order valence-corrected chi connectivity index (χ0v) is 17.4. The van der Waals surface area contributed by atoms with E-state index in [0.717, 1.165) is 30.4 Å². The molecule has 1 N–H and O–H groups in total. The number of aryl methyl sites for hydroxylation is 1. The van der Waals surface area contributed by atoms with Crippen molar-refractivity contribution in [2.45, 2.75) is 66.1 Å². The lowest BCUT2D eigenvalue weighted by atomic mass is 9.89. The van der Waals surface area contributed by atoms with Gasteiger partial charge in [-0.05, 0) is 43.7 Å². The normalized spacial score (nSPS) is 21.2. The Bertz CT molecular complexity index is 690. The highest BCUT2D eigenvalue weighted by atomic mass is 16.5. The number of para-hydroxylation sites is 1. The molecule has 0 spiro atoms. The van der Waals surface area contributed by atoms with Gasteiger partial charge in [0.25, 0.3) is 0 Å². The lowest BCUT2D eigenvalue weighted by Gasteiger charge is -2.33. The van der Waals surface area contributed by atoms with E-state index in [4.69, 9.17) is 4.74 Å². The highest BCUT2D eigenvalue weighted by Gasteiger charge is 2.28. The molecule has 2 heteroatoms. The van der Waals surface area contributed by atoms with Crippen LogP contribution in [0.3, 0.4) is 0 Å². The molecular formula is C25H34O2. The Morgan fingerprint density at radius 1 is 1.00 bits per heavy atom. The molecule has 1 saturated heterocycles. The highest BCUT2D eigenvalue weighted by Crippen LogP contribution is 2.39. The standard InChI is InChI=1S/C21H26O2.C2H6.C2H2/c1-14-7-9-17(10-8-14)13-18-5-4-6-19(21(18)22)20-12-15(2)11-16(3)23-20;2*1-2/h4-10,15-16,20,22H,11-13H2,1-3H3;1-2H3;1-2H/t15-,16+,20+;;/m0../s1. The molecule has 2 nitrogen and oxygen atoms in total. The zero-order chi connectivity index (χ0) is 20.4. The van der Waals surface area contributed by atoms with Crippen molar-refractivity contribution in [2.75, 3.05) is 0 Å². The van der Waals surface area contributed by atoms with E-state index >= 15 is 0 Å². The largest absolute Gasteiger partial charge is 0.507 e. The van der Waals surface area contributed by atoms with Gasteiger partial charge >= 0.3 is 0 Å². The minimum Gasteiger partial charge on any atom is -0.507 e. The van der Waals surface area contributed by atoms with Crippen LogP contribution in [0.1, 0.15) is 68.9 Å². The maximum atomic E-state index is 10.7. The van der Waals surface area contributed by atoms with Gasteiger partial charge in [-0.1, -0.05) is 68.8 Å². The molecule has 0 radical (unpaired) electrons. The minimum atomic E-state index is 0.00622. The second-order valence-electron chi connectivity index (χ2n) is 7.03. The second-order valence-corrected chi connectivity index (χ2v) is 7.03. The molecule has 1 heterocycles. The van der Waals surface area contributed by atoms with Crippen LogP contribution in [0, 0.1) is 25.7 Å². The minimum absolute atomic E-state index is 0.00622. The molecule has 146 valence electrons. The summed E-state index contributed by atoms with van der Waals surface area (Å²) in [6.07, 6.45) is 11.1. The monoisotopic (exact) mass is 366 g/mol. The number of phenols is 1. The smallest absolute Gasteiger partial charge is 0.124 e. The molecule has 3 atom stereocenters. The van der Waals surface area contributed by atoms with Gasteiger partial charge in [-0.15, -0.1) is 12.8 Å². The van der Waals surface area contributed by atoms with Crippen molar-refractivity contribution in [3.63, 3.8) is 0 Å². The average molecular weight is 367 g/mol. The van der Waals surface area contributed by atoms with Gasteiger partial charge in [-0.25, -0.2) is 0 Å². The first-order chi connectivity index (χ1) is 13.0. The molecule has 2 aromatic carbocycles. The molecule has 0 unspecified atom stereocenters. The Hall–Kier alpha value is -2.24. The number of phenolic OH excluding ortho intramolecular Hbond substituents is 1. The van der Waals surface area contributed by atoms with Crippen LogP contribution in [-0.2, 0) is 11.2 Å². The van der Waals surface area contributed by atoms with Crippen LogP contribution < -0.4 is 0 Å². The number of benzene rings is 2. The Balaban J connectivity index is 0.000000855. The summed E-state index contributed by atoms with van der Waals surface area (Å²) in [5, 5.41) is 10.7. The predicted octanol–water partition coefficient (Wildman–Crippen LogP) is 6.44. The van der Waals surface area contributed by atoms with E-state index in [0.29, 0.717) is 11.7 Å². The van der Waals surface area contributed by atoms with Gasteiger partial charge in [-0.2, -0.15) is 0 Å². The van der Waals surface area contributed by atoms with Gasteiger partial charge in [0, 0.05) is 12.0 Å². The number of rotatable bonds is 3. The molecule has 0 aliphatic carbocycles. The van der Waals surface area contributed by atoms with Gasteiger partial charge in [0.15, 0.2) is 0 Å². The molecule has 0 amide bonds. The van der Waals surface area contributed by atoms with Crippen LogP contribution in [-0.4, -0.2) is 11.2 Å². The van der Waals surface area contributed by atoms with Crippen molar-refractivity contribution in [3.05, 3.63) is 64.7 Å². The first kappa shape index (κ1) is 22.8. The second kappa shape index (κ2) is 11.5. The summed E-state index contributed by atoms with van der Waals surface area (Å²) >= 11 is 0. The molecule has 3 rings (SSSR count). The molecule has 1 aliphatic rings. The van der Waals surface area contributed by atoms with Gasteiger partial charge in [0.2, 0.25) is 0 Å². The third kappa shape index (κ3) is 6.45. The number of ether oxygens (including phenoxy) is 1. The van der Waals surface area contributed by atoms with Crippen LogP contribution in [0.5, 0.6) is 5.75 Å². The number of terminal acetylenes is 1. The van der Waals surface area contributed by atoms with Gasteiger partial charge in [-0.3, -0.25) is 0 Å². The van der Waals surface area contributed by atoms with E-state index < -0.39 is 0 Å². The Labute approximate surface area is 165 Å². The summed E-state index contributed by atoms with van der Waals surface area (Å²) in [6, 6.07) is 14.5. The van der Waals surface area contributed by atoms with Crippen LogP contribution in [0.15, 0.2) is 42.5 Å². The molecule has 0 aromatic heterocycles. The molecule has 1 aliphatic heterocycles. The molecule has 27 heavy (non-hydrogen) atoms. The summed E-state index contributed by atoms with van der Waals surface area (Å²) in [7, 11) is 0. The number of aromatic hydroxyl groups is 1. The number of hydrogen-bond acceptors (Lipinski definition) is 2. The highest BCUT2D eigenvalue weighted by molar-refractivity contribution is 5.44. The van der Waals surface area contributed by atoms with E-state index in [2.05, 4.69) is 57.9 Å². The Morgan fingerprint density at radius 3 is 2.22 bits per heavy atom. The van der Waals surface area contributed by atoms with Crippen LogP contribution in [0.2, 0.25) is 0 Å². The number of hydrogen-bond donors (Lipinski definition) is 1. The summed E-state index contributed by atoms with van der Waals surface area (Å²) < 4.78 is 6.08. The predicted molar refractivity (Wildman–Crippen MR) is 115 cm³/mol. The third-order valence-electron chi connectivity index (χ3n) is 4.76. The van der Waals surface area contributed by atoms with E-state index in [9.17, 15) is 5.11 Å². The average Bonchev–Trinajstić information content (AvgIpc) is 2.67. The molecule has 0 saturated carbocycles. The van der Waals surface area contributed by atoms with Crippen molar-refractivity contribution in [1.29, 1.82) is 0 Å².